The summed E-state index contributed by atoms with van der Waals surface area (Å²) in [4.78, 5) is 19.9. The molecule has 0 spiro atoms. The Balaban J connectivity index is 2.20. The number of hydrogen-bond donors (Lipinski definition) is 1. The second-order valence-electron chi connectivity index (χ2n) is 6.14. The molecular formula is C15H23N3O2. The average molecular weight is 277 g/mol. The fourth-order valence-electron chi connectivity index (χ4n) is 2.77. The van der Waals surface area contributed by atoms with Crippen LogP contribution in [0.4, 0.5) is 5.82 Å². The van der Waals surface area contributed by atoms with Gasteiger partial charge in [-0.3, -0.25) is 0 Å². The Kier molecular flexibility index (Phi) is 4.26. The van der Waals surface area contributed by atoms with Crippen molar-refractivity contribution < 1.29 is 9.53 Å². The molecule has 0 bridgehead atoms. The van der Waals surface area contributed by atoms with Gasteiger partial charge in [-0.25, -0.2) is 14.8 Å². The minimum Gasteiger partial charge on any atom is -0.463 e. The van der Waals surface area contributed by atoms with Crippen LogP contribution in [0.5, 0.6) is 0 Å². The van der Waals surface area contributed by atoms with E-state index in [0.29, 0.717) is 11.9 Å². The van der Waals surface area contributed by atoms with Crippen LogP contribution >= 0.6 is 0 Å². The predicted molar refractivity (Wildman–Crippen MR) is 77.8 cm³/mol. The number of anilines is 1. The molecule has 0 amide bonds. The van der Waals surface area contributed by atoms with Crippen molar-refractivity contribution in [2.75, 3.05) is 12.4 Å². The SMILES string of the molecule is COC(=O)c1nc(C)cc(NC2CCCCC2(C)C)n1. The van der Waals surface area contributed by atoms with Crippen LogP contribution in [0, 0.1) is 12.3 Å². The molecule has 1 heterocycles. The maximum atomic E-state index is 11.6. The van der Waals surface area contributed by atoms with E-state index < -0.39 is 5.97 Å². The van der Waals surface area contributed by atoms with Crippen molar-refractivity contribution in [2.45, 2.75) is 52.5 Å². The smallest absolute Gasteiger partial charge is 0.376 e. The van der Waals surface area contributed by atoms with Crippen LogP contribution in [0.3, 0.4) is 0 Å². The van der Waals surface area contributed by atoms with Gasteiger partial charge in [-0.15, -0.1) is 0 Å². The van der Waals surface area contributed by atoms with Crippen molar-refractivity contribution in [3.8, 4) is 0 Å². The predicted octanol–water partition coefficient (Wildman–Crippen LogP) is 2.95. The highest BCUT2D eigenvalue weighted by molar-refractivity contribution is 5.85. The minimum atomic E-state index is -0.500. The van der Waals surface area contributed by atoms with Crippen LogP contribution in [-0.4, -0.2) is 29.1 Å². The van der Waals surface area contributed by atoms with Gasteiger partial charge in [-0.2, -0.15) is 0 Å². The summed E-state index contributed by atoms with van der Waals surface area (Å²) < 4.78 is 4.69. The van der Waals surface area contributed by atoms with E-state index in [4.69, 9.17) is 0 Å². The molecule has 1 aliphatic carbocycles. The molecule has 1 aromatic rings. The molecule has 1 saturated carbocycles. The molecule has 5 heteroatoms. The third-order valence-corrected chi connectivity index (χ3v) is 4.05. The quantitative estimate of drug-likeness (QED) is 0.861. The van der Waals surface area contributed by atoms with Crippen molar-refractivity contribution in [1.29, 1.82) is 0 Å². The molecule has 0 radical (unpaired) electrons. The van der Waals surface area contributed by atoms with Crippen LogP contribution < -0.4 is 5.32 Å². The summed E-state index contributed by atoms with van der Waals surface area (Å²) in [6, 6.07) is 2.24. The molecule has 1 aliphatic rings. The lowest BCUT2D eigenvalue weighted by Gasteiger charge is -2.39. The van der Waals surface area contributed by atoms with Gasteiger partial charge in [0.15, 0.2) is 0 Å². The van der Waals surface area contributed by atoms with Gasteiger partial charge in [-0.1, -0.05) is 26.7 Å². The van der Waals surface area contributed by atoms with E-state index in [-0.39, 0.29) is 11.2 Å². The molecule has 2 rings (SSSR count). The summed E-state index contributed by atoms with van der Waals surface area (Å²) >= 11 is 0. The number of nitrogens with one attached hydrogen (secondary N) is 1. The molecular weight excluding hydrogens is 254 g/mol. The zero-order valence-electron chi connectivity index (χ0n) is 12.7. The third kappa shape index (κ3) is 3.26. The summed E-state index contributed by atoms with van der Waals surface area (Å²) in [5, 5.41) is 3.47. The Morgan fingerprint density at radius 3 is 2.80 bits per heavy atom. The Labute approximate surface area is 120 Å². The Morgan fingerprint density at radius 2 is 2.15 bits per heavy atom. The maximum Gasteiger partial charge on any atom is 0.376 e. The summed E-state index contributed by atoms with van der Waals surface area (Å²) in [6.07, 6.45) is 4.85. The first kappa shape index (κ1) is 14.8. The van der Waals surface area contributed by atoms with Gasteiger partial charge in [0.05, 0.1) is 7.11 Å². The highest BCUT2D eigenvalue weighted by Gasteiger charge is 2.32. The summed E-state index contributed by atoms with van der Waals surface area (Å²) in [6.45, 7) is 6.41. The standard InChI is InChI=1S/C15H23N3O2/c1-10-9-12(18-13(16-10)14(19)20-4)17-11-7-5-6-8-15(11,2)3/h9,11H,5-8H2,1-4H3,(H,16,17,18). The molecule has 1 unspecified atom stereocenters. The van der Waals surface area contributed by atoms with E-state index >= 15 is 0 Å². The fourth-order valence-corrected chi connectivity index (χ4v) is 2.77. The molecule has 1 N–H and O–H groups in total. The normalized spacial score (nSPS) is 21.3. The highest BCUT2D eigenvalue weighted by atomic mass is 16.5. The van der Waals surface area contributed by atoms with Crippen molar-refractivity contribution in [3.05, 3.63) is 17.6 Å². The number of rotatable bonds is 3. The van der Waals surface area contributed by atoms with E-state index in [1.807, 2.05) is 13.0 Å². The van der Waals surface area contributed by atoms with Crippen LogP contribution in [0.1, 0.15) is 55.8 Å². The van der Waals surface area contributed by atoms with Gasteiger partial charge in [0.2, 0.25) is 5.82 Å². The summed E-state index contributed by atoms with van der Waals surface area (Å²) in [7, 11) is 1.34. The zero-order valence-corrected chi connectivity index (χ0v) is 12.7. The van der Waals surface area contributed by atoms with Crippen molar-refractivity contribution in [2.24, 2.45) is 5.41 Å². The maximum absolute atomic E-state index is 11.6. The van der Waals surface area contributed by atoms with E-state index in [0.717, 1.165) is 12.1 Å². The van der Waals surface area contributed by atoms with Crippen molar-refractivity contribution in [3.63, 3.8) is 0 Å². The van der Waals surface area contributed by atoms with Crippen LogP contribution in [0.2, 0.25) is 0 Å². The van der Waals surface area contributed by atoms with E-state index in [2.05, 4.69) is 33.9 Å². The first-order valence-electron chi connectivity index (χ1n) is 7.13. The van der Waals surface area contributed by atoms with Crippen LogP contribution in [0.15, 0.2) is 6.07 Å². The zero-order chi connectivity index (χ0) is 14.8. The Bertz CT molecular complexity index is 500. The Morgan fingerprint density at radius 1 is 1.40 bits per heavy atom. The number of aromatic nitrogens is 2. The molecule has 1 atom stereocenters. The first-order chi connectivity index (χ1) is 9.42. The van der Waals surface area contributed by atoms with Gasteiger partial charge in [0, 0.05) is 17.8 Å². The van der Waals surface area contributed by atoms with Gasteiger partial charge in [0.1, 0.15) is 5.82 Å². The molecule has 0 aliphatic heterocycles. The second kappa shape index (κ2) is 5.77. The summed E-state index contributed by atoms with van der Waals surface area (Å²) in [5.41, 5.74) is 0.999. The molecule has 0 aromatic carbocycles. The van der Waals surface area contributed by atoms with E-state index in [1.165, 1.54) is 26.4 Å². The number of hydrogen-bond acceptors (Lipinski definition) is 5. The number of carbonyl (C=O) groups excluding carboxylic acids is 1. The second-order valence-corrected chi connectivity index (χ2v) is 6.14. The largest absolute Gasteiger partial charge is 0.463 e. The molecule has 20 heavy (non-hydrogen) atoms. The first-order valence-corrected chi connectivity index (χ1v) is 7.13. The van der Waals surface area contributed by atoms with Gasteiger partial charge in [-0.05, 0) is 25.2 Å². The number of methoxy groups -OCH3 is 1. The van der Waals surface area contributed by atoms with E-state index in [9.17, 15) is 4.79 Å². The fraction of sp³-hybridized carbons (Fsp3) is 0.667. The lowest BCUT2D eigenvalue weighted by atomic mass is 9.73. The lowest BCUT2D eigenvalue weighted by molar-refractivity contribution is 0.0586. The van der Waals surface area contributed by atoms with Crippen LogP contribution in [-0.2, 0) is 4.74 Å². The molecule has 5 nitrogen and oxygen atoms in total. The molecule has 0 saturated heterocycles. The number of ether oxygens (including phenoxy) is 1. The van der Waals surface area contributed by atoms with E-state index in [1.54, 1.807) is 0 Å². The topological polar surface area (TPSA) is 64.1 Å². The monoisotopic (exact) mass is 277 g/mol. The number of carbonyl (C=O) groups is 1. The molecule has 110 valence electrons. The van der Waals surface area contributed by atoms with Gasteiger partial charge >= 0.3 is 5.97 Å². The third-order valence-electron chi connectivity index (χ3n) is 4.05. The summed E-state index contributed by atoms with van der Waals surface area (Å²) in [5.74, 6) is 0.321. The van der Waals surface area contributed by atoms with Crippen molar-refractivity contribution >= 4 is 11.8 Å². The van der Waals surface area contributed by atoms with Crippen LogP contribution in [0.25, 0.3) is 0 Å². The average Bonchev–Trinajstić information content (AvgIpc) is 2.39. The lowest BCUT2D eigenvalue weighted by Crippen LogP contribution is -2.39. The van der Waals surface area contributed by atoms with Crippen molar-refractivity contribution in [1.82, 2.24) is 9.97 Å². The number of esters is 1. The molecule has 1 aromatic heterocycles. The van der Waals surface area contributed by atoms with Gasteiger partial charge in [0.25, 0.3) is 0 Å². The molecule has 1 fully saturated rings. The number of aryl methyl sites for hydroxylation is 1. The highest BCUT2D eigenvalue weighted by Crippen LogP contribution is 2.37. The van der Waals surface area contributed by atoms with Gasteiger partial charge < -0.3 is 10.1 Å². The Hall–Kier alpha value is -1.65. The minimum absolute atomic E-state index is 0.114. The number of nitrogens with zero attached hydrogens (tertiary/aromatic N) is 2.